The summed E-state index contributed by atoms with van der Waals surface area (Å²) in [5.41, 5.74) is 3.53. The average Bonchev–Trinajstić information content (AvgIpc) is 3.09. The van der Waals surface area contributed by atoms with Crippen molar-refractivity contribution in [1.29, 1.82) is 0 Å². The van der Waals surface area contributed by atoms with E-state index in [-0.39, 0.29) is 30.1 Å². The second-order valence-electron chi connectivity index (χ2n) is 10.8. The van der Waals surface area contributed by atoms with Gasteiger partial charge in [0.05, 0.1) is 23.7 Å². The summed E-state index contributed by atoms with van der Waals surface area (Å²) in [6.45, 7) is 5.80. The fourth-order valence-corrected chi connectivity index (χ4v) is 5.81. The summed E-state index contributed by atoms with van der Waals surface area (Å²) in [6.07, 6.45) is 3.66. The van der Waals surface area contributed by atoms with Gasteiger partial charge in [-0.3, -0.25) is 19.3 Å². The van der Waals surface area contributed by atoms with Crippen LogP contribution in [0.2, 0.25) is 0 Å². The van der Waals surface area contributed by atoms with Gasteiger partial charge in [0.15, 0.2) is 0 Å². The third-order valence-electron chi connectivity index (χ3n) is 7.60. The number of imide groups is 1. The van der Waals surface area contributed by atoms with E-state index in [2.05, 4.69) is 13.8 Å². The second-order valence-corrected chi connectivity index (χ2v) is 10.8. The minimum atomic E-state index is -0.748. The van der Waals surface area contributed by atoms with E-state index in [9.17, 15) is 23.9 Å². The zero-order valence-electron chi connectivity index (χ0n) is 21.2. The molecule has 1 saturated heterocycles. The van der Waals surface area contributed by atoms with Crippen molar-refractivity contribution in [1.82, 2.24) is 4.90 Å². The van der Waals surface area contributed by atoms with E-state index in [1.807, 2.05) is 6.08 Å². The lowest BCUT2D eigenvalue weighted by atomic mass is 9.68. The lowest BCUT2D eigenvalue weighted by molar-refractivity contribution is -0.156. The van der Waals surface area contributed by atoms with Crippen LogP contribution in [0.5, 0.6) is 0 Å². The number of hydrogen-bond donors (Lipinski definition) is 1. The van der Waals surface area contributed by atoms with E-state index in [1.54, 1.807) is 49.4 Å². The second kappa shape index (κ2) is 9.38. The molecule has 1 N–H and O–H groups in total. The number of aliphatic hydroxyl groups excluding tert-OH is 1. The maximum atomic E-state index is 14.2. The first kappa shape index (κ1) is 25.1. The third kappa shape index (κ3) is 4.64. The van der Waals surface area contributed by atoms with E-state index >= 15 is 0 Å². The molecular weight excluding hydrogens is 473 g/mol. The third-order valence-corrected chi connectivity index (χ3v) is 7.60. The lowest BCUT2D eigenvalue weighted by Gasteiger charge is -2.41. The van der Waals surface area contributed by atoms with Crippen molar-refractivity contribution in [3.63, 3.8) is 0 Å². The zero-order valence-corrected chi connectivity index (χ0v) is 21.2. The molecule has 2 aliphatic heterocycles. The number of carbonyl (C=O) groups excluding carboxylic acids is 3. The highest BCUT2D eigenvalue weighted by atomic mass is 19.1. The summed E-state index contributed by atoms with van der Waals surface area (Å²) in [5.74, 6) is -1.34. The van der Waals surface area contributed by atoms with E-state index in [1.165, 1.54) is 11.0 Å². The number of hydrogen-bond acceptors (Lipinski definition) is 5. The van der Waals surface area contributed by atoms with Crippen LogP contribution in [0, 0.1) is 18.2 Å². The number of fused-ring (bicyclic) bond motifs is 1. The van der Waals surface area contributed by atoms with Crippen molar-refractivity contribution >= 4 is 23.4 Å². The minimum Gasteiger partial charge on any atom is -0.458 e. The molecule has 0 saturated carbocycles. The Hall–Kier alpha value is -3.58. The van der Waals surface area contributed by atoms with Gasteiger partial charge in [0.1, 0.15) is 11.9 Å². The molecule has 6 nitrogen and oxygen atoms in total. The molecular formula is C30H30FNO5. The summed E-state index contributed by atoms with van der Waals surface area (Å²) < 4.78 is 19.6. The standard InChI is InChI=1S/C30H30FNO5/c1-17-12-18(8-11-26(17)31)24-13-19(32-28(35)22-6-4-5-7-23(22)29(32)36)16-30(2,3)25(24)10-9-21-14-20(33)15-27(34)37-21/h4-12,19-21,33H,13-16H2,1-3H3/b10-9+/t19?,20-,21-/m0/s1. The average molecular weight is 504 g/mol. The molecule has 0 bridgehead atoms. The highest BCUT2D eigenvalue weighted by Gasteiger charge is 2.45. The number of nitrogens with zero attached hydrogens (tertiary/aromatic N) is 1. The fourth-order valence-electron chi connectivity index (χ4n) is 5.81. The zero-order chi connectivity index (χ0) is 26.5. The summed E-state index contributed by atoms with van der Waals surface area (Å²) in [6, 6.07) is 11.4. The van der Waals surface area contributed by atoms with Gasteiger partial charge in [-0.2, -0.15) is 0 Å². The number of amides is 2. The number of benzene rings is 2. The van der Waals surface area contributed by atoms with E-state index in [4.69, 9.17) is 4.74 Å². The van der Waals surface area contributed by atoms with Gasteiger partial charge in [-0.15, -0.1) is 0 Å². The smallest absolute Gasteiger partial charge is 0.309 e. The van der Waals surface area contributed by atoms with Crippen LogP contribution in [-0.4, -0.2) is 46.0 Å². The molecule has 2 aromatic carbocycles. The number of rotatable bonds is 4. The molecule has 1 aliphatic carbocycles. The lowest BCUT2D eigenvalue weighted by Crippen LogP contribution is -2.45. The van der Waals surface area contributed by atoms with Crippen LogP contribution in [0.3, 0.4) is 0 Å². The van der Waals surface area contributed by atoms with Crippen molar-refractivity contribution in [3.05, 3.63) is 88.3 Å². The Morgan fingerprint density at radius 3 is 2.35 bits per heavy atom. The molecule has 2 heterocycles. The Balaban J connectivity index is 1.56. The Bertz CT molecular complexity index is 1320. The predicted molar refractivity (Wildman–Crippen MR) is 136 cm³/mol. The molecule has 0 radical (unpaired) electrons. The van der Waals surface area contributed by atoms with Crippen LogP contribution < -0.4 is 0 Å². The molecule has 37 heavy (non-hydrogen) atoms. The number of cyclic esters (lactones) is 1. The number of aryl methyl sites for hydroxylation is 1. The van der Waals surface area contributed by atoms with Crippen LogP contribution >= 0.6 is 0 Å². The molecule has 0 aromatic heterocycles. The van der Waals surface area contributed by atoms with Gasteiger partial charge >= 0.3 is 5.97 Å². The maximum absolute atomic E-state index is 14.2. The van der Waals surface area contributed by atoms with Crippen molar-refractivity contribution in [2.45, 2.75) is 64.7 Å². The molecule has 2 amide bonds. The Morgan fingerprint density at radius 2 is 1.73 bits per heavy atom. The van der Waals surface area contributed by atoms with Crippen LogP contribution in [0.4, 0.5) is 4.39 Å². The highest BCUT2D eigenvalue weighted by molar-refractivity contribution is 6.21. The largest absolute Gasteiger partial charge is 0.458 e. The van der Waals surface area contributed by atoms with Crippen LogP contribution in [-0.2, 0) is 9.53 Å². The molecule has 7 heteroatoms. The number of aliphatic hydroxyl groups is 1. The van der Waals surface area contributed by atoms with Crippen LogP contribution in [0.1, 0.15) is 71.4 Å². The van der Waals surface area contributed by atoms with Gasteiger partial charge < -0.3 is 9.84 Å². The summed E-state index contributed by atoms with van der Waals surface area (Å²) in [5, 5.41) is 10.0. The summed E-state index contributed by atoms with van der Waals surface area (Å²) >= 11 is 0. The molecule has 3 aliphatic rings. The number of ether oxygens (including phenoxy) is 1. The number of allylic oxidation sites excluding steroid dienone is 2. The van der Waals surface area contributed by atoms with Gasteiger partial charge in [0.25, 0.3) is 11.8 Å². The Labute approximate surface area is 215 Å². The summed E-state index contributed by atoms with van der Waals surface area (Å²) in [7, 11) is 0. The maximum Gasteiger partial charge on any atom is 0.309 e. The van der Waals surface area contributed by atoms with Crippen LogP contribution in [0.25, 0.3) is 5.57 Å². The quantitative estimate of drug-likeness (QED) is 0.469. The Kier molecular flexibility index (Phi) is 6.36. The minimum absolute atomic E-state index is 0.0133. The highest BCUT2D eigenvalue weighted by Crippen LogP contribution is 2.47. The van der Waals surface area contributed by atoms with Gasteiger partial charge in [0.2, 0.25) is 0 Å². The topological polar surface area (TPSA) is 83.9 Å². The van der Waals surface area contributed by atoms with Crippen molar-refractivity contribution < 1.29 is 28.6 Å². The van der Waals surface area contributed by atoms with Gasteiger partial charge in [-0.25, -0.2) is 4.39 Å². The molecule has 1 unspecified atom stereocenters. The first-order valence-corrected chi connectivity index (χ1v) is 12.6. The van der Waals surface area contributed by atoms with Gasteiger partial charge in [0, 0.05) is 12.5 Å². The van der Waals surface area contributed by atoms with Crippen molar-refractivity contribution in [2.24, 2.45) is 5.41 Å². The first-order chi connectivity index (χ1) is 17.5. The monoisotopic (exact) mass is 503 g/mol. The van der Waals surface area contributed by atoms with Gasteiger partial charge in [-0.05, 0) is 77.8 Å². The summed E-state index contributed by atoms with van der Waals surface area (Å²) in [4.78, 5) is 39.8. The first-order valence-electron chi connectivity index (χ1n) is 12.6. The molecule has 5 rings (SSSR count). The normalized spacial score (nSPS) is 25.6. The number of halogens is 1. The van der Waals surface area contributed by atoms with E-state index in [0.29, 0.717) is 36.0 Å². The number of esters is 1. The van der Waals surface area contributed by atoms with E-state index in [0.717, 1.165) is 16.7 Å². The predicted octanol–water partition coefficient (Wildman–Crippen LogP) is 5.00. The van der Waals surface area contributed by atoms with Crippen molar-refractivity contribution in [2.75, 3.05) is 0 Å². The molecule has 0 spiro atoms. The van der Waals surface area contributed by atoms with Crippen molar-refractivity contribution in [3.8, 4) is 0 Å². The SMILES string of the molecule is Cc1cc(C2=C(/C=C/[C@H]3C[C@H](O)CC(=O)O3)C(C)(C)CC(N3C(=O)c4ccccc4C3=O)C2)ccc1F. The fraction of sp³-hybridized carbons (Fsp3) is 0.367. The number of carbonyl (C=O) groups is 3. The van der Waals surface area contributed by atoms with E-state index < -0.39 is 23.6 Å². The van der Waals surface area contributed by atoms with Crippen LogP contribution in [0.15, 0.2) is 60.2 Å². The van der Waals surface area contributed by atoms with Gasteiger partial charge in [-0.1, -0.05) is 38.1 Å². The molecule has 192 valence electrons. The molecule has 2 aromatic rings. The Morgan fingerprint density at radius 1 is 1.05 bits per heavy atom. The molecule has 3 atom stereocenters. The molecule has 1 fully saturated rings.